The topological polar surface area (TPSA) is 78.9 Å². The lowest BCUT2D eigenvalue weighted by Crippen LogP contribution is -2.32. The van der Waals surface area contributed by atoms with Crippen molar-refractivity contribution in [1.82, 2.24) is 0 Å². The number of nitriles is 1. The molecular weight excluding hydrogens is 250 g/mol. The number of benzene rings is 1. The SMILES string of the molecule is CC(C)(C)CC(CN)C(=O)Nc1ccc(CC#N)cc1. The van der Waals surface area contributed by atoms with Crippen molar-refractivity contribution in [3.63, 3.8) is 0 Å². The summed E-state index contributed by atoms with van der Waals surface area (Å²) in [6.07, 6.45) is 1.13. The summed E-state index contributed by atoms with van der Waals surface area (Å²) in [5.41, 5.74) is 7.45. The zero-order valence-corrected chi connectivity index (χ0v) is 12.4. The molecule has 4 nitrogen and oxygen atoms in total. The minimum absolute atomic E-state index is 0.0459. The fourth-order valence-corrected chi connectivity index (χ4v) is 2.06. The summed E-state index contributed by atoms with van der Waals surface area (Å²) < 4.78 is 0. The zero-order chi connectivity index (χ0) is 15.2. The van der Waals surface area contributed by atoms with Gasteiger partial charge in [0.1, 0.15) is 0 Å². The average molecular weight is 273 g/mol. The van der Waals surface area contributed by atoms with Crippen LogP contribution in [0.3, 0.4) is 0 Å². The first-order valence-electron chi connectivity index (χ1n) is 6.82. The van der Waals surface area contributed by atoms with Gasteiger partial charge < -0.3 is 11.1 Å². The van der Waals surface area contributed by atoms with Crippen LogP contribution in [-0.4, -0.2) is 12.5 Å². The van der Waals surface area contributed by atoms with Crippen LogP contribution in [0, 0.1) is 22.7 Å². The highest BCUT2D eigenvalue weighted by Gasteiger charge is 2.23. The monoisotopic (exact) mass is 273 g/mol. The van der Waals surface area contributed by atoms with Crippen LogP contribution in [0.25, 0.3) is 0 Å². The molecule has 0 saturated carbocycles. The molecule has 1 unspecified atom stereocenters. The van der Waals surface area contributed by atoms with Gasteiger partial charge in [-0.2, -0.15) is 5.26 Å². The van der Waals surface area contributed by atoms with Gasteiger partial charge in [0.25, 0.3) is 0 Å². The first-order chi connectivity index (χ1) is 9.35. The molecule has 0 spiro atoms. The number of hydrogen-bond acceptors (Lipinski definition) is 3. The predicted octanol–water partition coefficient (Wildman–Crippen LogP) is 2.70. The summed E-state index contributed by atoms with van der Waals surface area (Å²) in [6, 6.07) is 9.42. The summed E-state index contributed by atoms with van der Waals surface area (Å²) in [6.45, 7) is 6.63. The Morgan fingerprint density at radius 1 is 1.35 bits per heavy atom. The van der Waals surface area contributed by atoms with Crippen molar-refractivity contribution < 1.29 is 4.79 Å². The molecule has 20 heavy (non-hydrogen) atoms. The molecule has 4 heteroatoms. The number of rotatable bonds is 5. The number of carbonyl (C=O) groups excluding carboxylic acids is 1. The van der Waals surface area contributed by atoms with Crippen LogP contribution in [0.2, 0.25) is 0 Å². The van der Waals surface area contributed by atoms with E-state index in [4.69, 9.17) is 11.0 Å². The van der Waals surface area contributed by atoms with E-state index in [2.05, 4.69) is 32.2 Å². The Labute approximate surface area is 121 Å². The van der Waals surface area contributed by atoms with Gasteiger partial charge in [0, 0.05) is 12.2 Å². The molecule has 1 atom stereocenters. The second kappa shape index (κ2) is 7.06. The van der Waals surface area contributed by atoms with E-state index in [-0.39, 0.29) is 17.2 Å². The molecule has 1 aromatic rings. The molecule has 1 rings (SSSR count). The van der Waals surface area contributed by atoms with Crippen molar-refractivity contribution in [2.45, 2.75) is 33.6 Å². The lowest BCUT2D eigenvalue weighted by atomic mass is 9.84. The van der Waals surface area contributed by atoms with Crippen LogP contribution < -0.4 is 11.1 Å². The number of nitrogens with one attached hydrogen (secondary N) is 1. The van der Waals surface area contributed by atoms with Gasteiger partial charge >= 0.3 is 0 Å². The second-order valence-corrected chi connectivity index (χ2v) is 6.22. The third-order valence-electron chi connectivity index (χ3n) is 3.02. The van der Waals surface area contributed by atoms with Gasteiger partial charge in [-0.25, -0.2) is 0 Å². The van der Waals surface area contributed by atoms with Crippen LogP contribution in [0.4, 0.5) is 5.69 Å². The van der Waals surface area contributed by atoms with E-state index in [0.717, 1.165) is 17.7 Å². The molecule has 0 aromatic heterocycles. The molecule has 3 N–H and O–H groups in total. The first-order valence-corrected chi connectivity index (χ1v) is 6.82. The molecule has 0 aliphatic carbocycles. The lowest BCUT2D eigenvalue weighted by Gasteiger charge is -2.24. The Kier molecular flexibility index (Phi) is 5.72. The highest BCUT2D eigenvalue weighted by Crippen LogP contribution is 2.25. The van der Waals surface area contributed by atoms with Gasteiger partial charge in [0.05, 0.1) is 18.4 Å². The highest BCUT2D eigenvalue weighted by atomic mass is 16.1. The molecule has 1 amide bonds. The van der Waals surface area contributed by atoms with E-state index in [1.807, 2.05) is 24.3 Å². The molecule has 0 bridgehead atoms. The van der Waals surface area contributed by atoms with Gasteiger partial charge in [0.15, 0.2) is 0 Å². The maximum atomic E-state index is 12.2. The number of amides is 1. The third-order valence-corrected chi connectivity index (χ3v) is 3.02. The van der Waals surface area contributed by atoms with Crippen LogP contribution in [0.5, 0.6) is 0 Å². The third kappa shape index (κ3) is 5.41. The summed E-state index contributed by atoms with van der Waals surface area (Å²) in [5.74, 6) is -0.232. The number of nitrogens with two attached hydrogens (primary N) is 1. The molecule has 0 saturated heterocycles. The Balaban J connectivity index is 2.66. The predicted molar refractivity (Wildman–Crippen MR) is 81.0 cm³/mol. The summed E-state index contributed by atoms with van der Waals surface area (Å²) in [5, 5.41) is 11.5. The molecule has 108 valence electrons. The standard InChI is InChI=1S/C16H23N3O/c1-16(2,3)10-13(11-18)15(20)19-14-6-4-12(5-7-14)8-9-17/h4-7,13H,8,10-11,18H2,1-3H3,(H,19,20). The van der Waals surface area contributed by atoms with Crippen LogP contribution in [-0.2, 0) is 11.2 Å². The van der Waals surface area contributed by atoms with Crippen molar-refractivity contribution >= 4 is 11.6 Å². The number of anilines is 1. The number of carbonyl (C=O) groups is 1. The van der Waals surface area contributed by atoms with Crippen molar-refractivity contribution in [2.24, 2.45) is 17.1 Å². The summed E-state index contributed by atoms with van der Waals surface area (Å²) >= 11 is 0. The molecular formula is C16H23N3O. The highest BCUT2D eigenvalue weighted by molar-refractivity contribution is 5.92. The van der Waals surface area contributed by atoms with Crippen LogP contribution >= 0.6 is 0 Å². The summed E-state index contributed by atoms with van der Waals surface area (Å²) in [4.78, 5) is 12.2. The van der Waals surface area contributed by atoms with E-state index in [1.54, 1.807) is 0 Å². The van der Waals surface area contributed by atoms with Gasteiger partial charge in [-0.3, -0.25) is 4.79 Å². The van der Waals surface area contributed by atoms with E-state index < -0.39 is 0 Å². The Hall–Kier alpha value is -1.86. The fourth-order valence-electron chi connectivity index (χ4n) is 2.06. The normalized spacial score (nSPS) is 12.6. The average Bonchev–Trinajstić information content (AvgIpc) is 2.37. The fraction of sp³-hybridized carbons (Fsp3) is 0.500. The maximum Gasteiger partial charge on any atom is 0.228 e. The van der Waals surface area contributed by atoms with E-state index in [1.165, 1.54) is 0 Å². The molecule has 1 aromatic carbocycles. The van der Waals surface area contributed by atoms with E-state index >= 15 is 0 Å². The molecule has 0 aliphatic heterocycles. The van der Waals surface area contributed by atoms with Gasteiger partial charge in [0.2, 0.25) is 5.91 Å². The zero-order valence-electron chi connectivity index (χ0n) is 12.4. The van der Waals surface area contributed by atoms with Gasteiger partial charge in [-0.15, -0.1) is 0 Å². The van der Waals surface area contributed by atoms with Crippen LogP contribution in [0.15, 0.2) is 24.3 Å². The van der Waals surface area contributed by atoms with Crippen molar-refractivity contribution in [3.8, 4) is 6.07 Å². The maximum absolute atomic E-state index is 12.2. The van der Waals surface area contributed by atoms with Crippen molar-refractivity contribution in [1.29, 1.82) is 5.26 Å². The van der Waals surface area contributed by atoms with Crippen molar-refractivity contribution in [2.75, 3.05) is 11.9 Å². The van der Waals surface area contributed by atoms with Gasteiger partial charge in [-0.05, 0) is 29.5 Å². The smallest absolute Gasteiger partial charge is 0.228 e. The Morgan fingerprint density at radius 2 is 1.95 bits per heavy atom. The molecule has 0 aliphatic rings. The van der Waals surface area contributed by atoms with E-state index in [0.29, 0.717) is 13.0 Å². The number of hydrogen-bond donors (Lipinski definition) is 2. The van der Waals surface area contributed by atoms with Crippen LogP contribution in [0.1, 0.15) is 32.8 Å². The quantitative estimate of drug-likeness (QED) is 0.865. The summed E-state index contributed by atoms with van der Waals surface area (Å²) in [7, 11) is 0. The number of nitrogens with zero attached hydrogens (tertiary/aromatic N) is 1. The molecule has 0 radical (unpaired) electrons. The Morgan fingerprint density at radius 3 is 2.40 bits per heavy atom. The second-order valence-electron chi connectivity index (χ2n) is 6.22. The van der Waals surface area contributed by atoms with E-state index in [9.17, 15) is 4.79 Å². The van der Waals surface area contributed by atoms with Crippen molar-refractivity contribution in [3.05, 3.63) is 29.8 Å². The minimum Gasteiger partial charge on any atom is -0.330 e. The molecule has 0 heterocycles. The first kappa shape index (κ1) is 16.2. The molecule has 0 fully saturated rings. The largest absolute Gasteiger partial charge is 0.330 e. The lowest BCUT2D eigenvalue weighted by molar-refractivity contribution is -0.120. The Bertz CT molecular complexity index is 480. The van der Waals surface area contributed by atoms with Gasteiger partial charge in [-0.1, -0.05) is 32.9 Å². The minimum atomic E-state index is -0.186.